The number of aliphatic hydroxyl groups is 1. The molecule has 1 atom stereocenters. The molecule has 0 rings (SSSR count). The van der Waals surface area contributed by atoms with Crippen molar-refractivity contribution >= 4 is 11.9 Å². The standard InChI is InChI=1S/C4H6O5.Li/c5-2(4(8)9)1-3(6)7;/h2,5H,1H2,(H,6,7)(H,8,9);/q;+1/p-1. The van der Waals surface area contributed by atoms with E-state index in [4.69, 9.17) is 10.2 Å². The van der Waals surface area contributed by atoms with Crippen molar-refractivity contribution in [2.75, 3.05) is 0 Å². The molecular weight excluding hydrogens is 135 g/mol. The summed E-state index contributed by atoms with van der Waals surface area (Å²) < 4.78 is 0. The number of aliphatic hydroxyl groups excluding tert-OH is 1. The Labute approximate surface area is 68.8 Å². The first-order valence-corrected chi connectivity index (χ1v) is 2.14. The van der Waals surface area contributed by atoms with Crippen molar-refractivity contribution in [1.82, 2.24) is 0 Å². The molecule has 0 fully saturated rings. The summed E-state index contributed by atoms with van der Waals surface area (Å²) >= 11 is 0. The predicted molar refractivity (Wildman–Crippen MR) is 23.3 cm³/mol. The average molecular weight is 140 g/mol. The Hall–Kier alpha value is -0.503. The first-order chi connectivity index (χ1) is 4.04. The van der Waals surface area contributed by atoms with E-state index in [1.54, 1.807) is 0 Å². The van der Waals surface area contributed by atoms with Gasteiger partial charge in [-0.3, -0.25) is 4.79 Å². The fourth-order valence-electron chi connectivity index (χ4n) is 0.249. The van der Waals surface area contributed by atoms with E-state index in [-0.39, 0.29) is 18.9 Å². The molecule has 0 saturated carbocycles. The third-order valence-electron chi connectivity index (χ3n) is 0.640. The summed E-state index contributed by atoms with van der Waals surface area (Å²) in [6.45, 7) is 0. The topological polar surface area (TPSA) is 97.7 Å². The van der Waals surface area contributed by atoms with E-state index in [1.807, 2.05) is 0 Å². The maximum atomic E-state index is 9.66. The minimum absolute atomic E-state index is 0. The molecule has 0 saturated heterocycles. The summed E-state index contributed by atoms with van der Waals surface area (Å²) in [7, 11) is 0. The maximum absolute atomic E-state index is 9.66. The van der Waals surface area contributed by atoms with Gasteiger partial charge in [-0.05, 0) is 0 Å². The van der Waals surface area contributed by atoms with Crippen LogP contribution in [-0.2, 0) is 9.59 Å². The van der Waals surface area contributed by atoms with Crippen LogP contribution in [0.4, 0.5) is 0 Å². The minimum Gasteiger partial charge on any atom is -0.547 e. The summed E-state index contributed by atoms with van der Waals surface area (Å²) in [5.74, 6) is -3.14. The van der Waals surface area contributed by atoms with Crippen molar-refractivity contribution in [3.8, 4) is 0 Å². The van der Waals surface area contributed by atoms with Gasteiger partial charge in [0.25, 0.3) is 0 Å². The third-order valence-corrected chi connectivity index (χ3v) is 0.640. The summed E-state index contributed by atoms with van der Waals surface area (Å²) in [6.07, 6.45) is -2.72. The van der Waals surface area contributed by atoms with Crippen molar-refractivity contribution in [2.45, 2.75) is 12.5 Å². The van der Waals surface area contributed by atoms with Crippen LogP contribution < -0.4 is 24.0 Å². The zero-order chi connectivity index (χ0) is 7.44. The van der Waals surface area contributed by atoms with E-state index in [2.05, 4.69) is 0 Å². The second-order valence-electron chi connectivity index (χ2n) is 1.43. The van der Waals surface area contributed by atoms with Crippen LogP contribution in [0.3, 0.4) is 0 Å². The molecule has 0 aromatic heterocycles. The summed E-state index contributed by atoms with van der Waals surface area (Å²) in [5.41, 5.74) is 0. The second kappa shape index (κ2) is 5.30. The predicted octanol–water partition coefficient (Wildman–Crippen LogP) is -5.42. The molecule has 5 nitrogen and oxygen atoms in total. The normalized spacial score (nSPS) is 11.3. The van der Waals surface area contributed by atoms with E-state index in [9.17, 15) is 14.7 Å². The molecule has 0 aliphatic rings. The van der Waals surface area contributed by atoms with Crippen LogP contribution in [0.15, 0.2) is 0 Å². The Balaban J connectivity index is 0. The van der Waals surface area contributed by atoms with E-state index >= 15 is 0 Å². The van der Waals surface area contributed by atoms with Crippen molar-refractivity contribution in [1.29, 1.82) is 0 Å². The van der Waals surface area contributed by atoms with Gasteiger partial charge in [0.1, 0.15) is 6.10 Å². The first kappa shape index (κ1) is 12.2. The van der Waals surface area contributed by atoms with Gasteiger partial charge < -0.3 is 20.1 Å². The Morgan fingerprint density at radius 1 is 1.50 bits per heavy atom. The molecule has 52 valence electrons. The largest absolute Gasteiger partial charge is 1.00 e. The molecule has 0 aliphatic carbocycles. The number of rotatable bonds is 3. The summed E-state index contributed by atoms with van der Waals surface area (Å²) in [6, 6.07) is 0. The minimum atomic E-state index is -1.90. The molecule has 0 aliphatic heterocycles. The van der Waals surface area contributed by atoms with Gasteiger partial charge in [0.15, 0.2) is 0 Å². The molecule has 10 heavy (non-hydrogen) atoms. The van der Waals surface area contributed by atoms with Crippen LogP contribution in [0, 0.1) is 0 Å². The molecule has 0 aromatic carbocycles. The molecule has 6 heteroatoms. The number of carboxylic acid groups (broad SMARTS) is 2. The number of carboxylic acids is 2. The zero-order valence-electron chi connectivity index (χ0n) is 5.40. The van der Waals surface area contributed by atoms with Crippen molar-refractivity contribution < 1.29 is 43.8 Å². The second-order valence-corrected chi connectivity index (χ2v) is 1.43. The Bertz CT molecular complexity index is 134. The quantitative estimate of drug-likeness (QED) is 0.381. The average Bonchev–Trinajstić information content (AvgIpc) is 1.63. The van der Waals surface area contributed by atoms with Gasteiger partial charge in [-0.15, -0.1) is 0 Å². The smallest absolute Gasteiger partial charge is 0.547 e. The van der Waals surface area contributed by atoms with Gasteiger partial charge in [0.05, 0.1) is 12.4 Å². The number of aliphatic carboxylic acids is 2. The Morgan fingerprint density at radius 3 is 2.00 bits per heavy atom. The van der Waals surface area contributed by atoms with Crippen LogP contribution in [0.1, 0.15) is 6.42 Å². The molecule has 0 bridgehead atoms. The Morgan fingerprint density at radius 2 is 1.90 bits per heavy atom. The fourth-order valence-corrected chi connectivity index (χ4v) is 0.249. The van der Waals surface area contributed by atoms with E-state index in [1.165, 1.54) is 0 Å². The molecule has 0 aromatic rings. The summed E-state index contributed by atoms with van der Waals surface area (Å²) in [4.78, 5) is 19.3. The first-order valence-electron chi connectivity index (χ1n) is 2.14. The van der Waals surface area contributed by atoms with Gasteiger partial charge in [0.2, 0.25) is 0 Å². The number of carbonyl (C=O) groups is 2. The summed E-state index contributed by atoms with van der Waals surface area (Å²) in [5, 5.41) is 25.7. The Kier molecular flexibility index (Phi) is 6.46. The molecule has 0 heterocycles. The van der Waals surface area contributed by atoms with E-state index in [0.29, 0.717) is 0 Å². The maximum Gasteiger partial charge on any atom is 1.00 e. The van der Waals surface area contributed by atoms with Crippen molar-refractivity contribution in [2.24, 2.45) is 0 Å². The van der Waals surface area contributed by atoms with Gasteiger partial charge >= 0.3 is 24.8 Å². The van der Waals surface area contributed by atoms with E-state index < -0.39 is 24.5 Å². The van der Waals surface area contributed by atoms with Crippen LogP contribution >= 0.6 is 0 Å². The van der Waals surface area contributed by atoms with Crippen molar-refractivity contribution in [3.05, 3.63) is 0 Å². The van der Waals surface area contributed by atoms with Crippen molar-refractivity contribution in [3.63, 3.8) is 0 Å². The fraction of sp³-hybridized carbons (Fsp3) is 0.500. The zero-order valence-corrected chi connectivity index (χ0v) is 5.40. The number of hydrogen-bond acceptors (Lipinski definition) is 4. The molecule has 2 N–H and O–H groups in total. The molecule has 0 amide bonds. The van der Waals surface area contributed by atoms with Crippen LogP contribution in [0.5, 0.6) is 0 Å². The van der Waals surface area contributed by atoms with Crippen LogP contribution in [0.25, 0.3) is 0 Å². The van der Waals surface area contributed by atoms with Crippen LogP contribution in [-0.4, -0.2) is 28.3 Å². The number of hydrogen-bond donors (Lipinski definition) is 2. The molecular formula is C4H5LiO5. The van der Waals surface area contributed by atoms with Gasteiger partial charge in [-0.1, -0.05) is 0 Å². The monoisotopic (exact) mass is 140 g/mol. The molecule has 0 spiro atoms. The SMILES string of the molecule is O=C(O)CC(O)C(=O)[O-].[Li+]. The molecule has 1 unspecified atom stereocenters. The third kappa shape index (κ3) is 5.63. The van der Waals surface area contributed by atoms with Crippen LogP contribution in [0.2, 0.25) is 0 Å². The number of carbonyl (C=O) groups excluding carboxylic acids is 1. The van der Waals surface area contributed by atoms with Gasteiger partial charge in [0, 0.05) is 0 Å². The molecule has 0 radical (unpaired) electrons. The van der Waals surface area contributed by atoms with Gasteiger partial charge in [-0.25, -0.2) is 0 Å². The van der Waals surface area contributed by atoms with E-state index in [0.717, 1.165) is 0 Å². The van der Waals surface area contributed by atoms with Gasteiger partial charge in [-0.2, -0.15) is 0 Å².